The Kier molecular flexibility index (Phi) is 2.89. The Bertz CT molecular complexity index is 455. The minimum atomic E-state index is 0.286. The highest BCUT2D eigenvalue weighted by molar-refractivity contribution is 6.30. The third-order valence-corrected chi connectivity index (χ3v) is 2.18. The van der Waals surface area contributed by atoms with Crippen LogP contribution < -0.4 is 5.73 Å². The molecule has 2 N–H and O–H groups in total. The molecule has 0 saturated carbocycles. The number of rotatable bonds is 2. The van der Waals surface area contributed by atoms with Crippen molar-refractivity contribution in [1.82, 2.24) is 15.2 Å². The van der Waals surface area contributed by atoms with Crippen LogP contribution in [-0.4, -0.2) is 15.2 Å². The van der Waals surface area contributed by atoms with Gasteiger partial charge in [-0.25, -0.2) is 4.98 Å². The zero-order valence-electron chi connectivity index (χ0n) is 7.89. The van der Waals surface area contributed by atoms with Gasteiger partial charge in [-0.2, -0.15) is 5.10 Å². The first kappa shape index (κ1) is 10.0. The summed E-state index contributed by atoms with van der Waals surface area (Å²) in [7, 11) is 0. The molecule has 4 nitrogen and oxygen atoms in total. The molecule has 0 radical (unpaired) electrons. The van der Waals surface area contributed by atoms with Crippen molar-refractivity contribution in [3.8, 4) is 11.3 Å². The standard InChI is InChI=1S/C10H9ClN4/c11-8-3-1-7(2-4-8)9-6-13-15-10(5-12)14-9/h1-4,6H,5,12H2. The Morgan fingerprint density at radius 3 is 2.60 bits per heavy atom. The third kappa shape index (κ3) is 2.29. The van der Waals surface area contributed by atoms with E-state index in [1.165, 1.54) is 0 Å². The Balaban J connectivity index is 2.40. The second kappa shape index (κ2) is 4.33. The number of aromatic nitrogens is 3. The second-order valence-corrected chi connectivity index (χ2v) is 3.41. The van der Waals surface area contributed by atoms with Crippen LogP contribution in [0.4, 0.5) is 0 Å². The van der Waals surface area contributed by atoms with Crippen molar-refractivity contribution in [2.45, 2.75) is 6.54 Å². The number of nitrogens with two attached hydrogens (primary N) is 1. The predicted molar refractivity (Wildman–Crippen MR) is 58.2 cm³/mol. The molecule has 76 valence electrons. The number of hydrogen-bond donors (Lipinski definition) is 1. The molecule has 15 heavy (non-hydrogen) atoms. The van der Waals surface area contributed by atoms with Gasteiger partial charge in [0, 0.05) is 10.6 Å². The van der Waals surface area contributed by atoms with Gasteiger partial charge in [0.15, 0.2) is 5.82 Å². The fourth-order valence-corrected chi connectivity index (χ4v) is 1.31. The molecule has 1 heterocycles. The van der Waals surface area contributed by atoms with E-state index < -0.39 is 0 Å². The van der Waals surface area contributed by atoms with Crippen molar-refractivity contribution in [3.63, 3.8) is 0 Å². The molecular weight excluding hydrogens is 212 g/mol. The highest BCUT2D eigenvalue weighted by Gasteiger charge is 2.01. The quantitative estimate of drug-likeness (QED) is 0.836. The minimum Gasteiger partial charge on any atom is -0.324 e. The first-order chi connectivity index (χ1) is 7.29. The van der Waals surface area contributed by atoms with E-state index in [1.807, 2.05) is 12.1 Å². The Morgan fingerprint density at radius 2 is 1.93 bits per heavy atom. The summed E-state index contributed by atoms with van der Waals surface area (Å²) in [6.45, 7) is 0.286. The predicted octanol–water partition coefficient (Wildman–Crippen LogP) is 1.65. The monoisotopic (exact) mass is 220 g/mol. The maximum Gasteiger partial charge on any atom is 0.165 e. The molecule has 0 saturated heterocycles. The first-order valence-corrected chi connectivity index (χ1v) is 4.82. The lowest BCUT2D eigenvalue weighted by Gasteiger charge is -2.01. The molecule has 0 unspecified atom stereocenters. The summed E-state index contributed by atoms with van der Waals surface area (Å²) < 4.78 is 0. The summed E-state index contributed by atoms with van der Waals surface area (Å²) in [5.41, 5.74) is 7.13. The molecule has 0 aliphatic rings. The van der Waals surface area contributed by atoms with Crippen LogP contribution in [0.2, 0.25) is 5.02 Å². The van der Waals surface area contributed by atoms with E-state index >= 15 is 0 Å². The third-order valence-electron chi connectivity index (χ3n) is 1.93. The van der Waals surface area contributed by atoms with E-state index in [4.69, 9.17) is 17.3 Å². The molecular formula is C10H9ClN4. The van der Waals surface area contributed by atoms with E-state index in [-0.39, 0.29) is 6.54 Å². The fraction of sp³-hybridized carbons (Fsp3) is 0.100. The topological polar surface area (TPSA) is 64.7 Å². The molecule has 2 aromatic rings. The molecule has 0 aliphatic carbocycles. The van der Waals surface area contributed by atoms with Crippen molar-refractivity contribution in [2.24, 2.45) is 5.73 Å². The largest absolute Gasteiger partial charge is 0.324 e. The van der Waals surface area contributed by atoms with Gasteiger partial charge in [0.1, 0.15) is 0 Å². The first-order valence-electron chi connectivity index (χ1n) is 4.44. The lowest BCUT2D eigenvalue weighted by atomic mass is 10.2. The molecule has 0 spiro atoms. The van der Waals surface area contributed by atoms with E-state index in [2.05, 4.69) is 15.2 Å². The van der Waals surface area contributed by atoms with Gasteiger partial charge in [-0.05, 0) is 12.1 Å². The molecule has 0 amide bonds. The van der Waals surface area contributed by atoms with E-state index in [0.29, 0.717) is 10.8 Å². The van der Waals surface area contributed by atoms with Crippen molar-refractivity contribution >= 4 is 11.6 Å². The summed E-state index contributed by atoms with van der Waals surface area (Å²) in [5.74, 6) is 0.530. The highest BCUT2D eigenvalue weighted by atomic mass is 35.5. The molecule has 0 aliphatic heterocycles. The Morgan fingerprint density at radius 1 is 1.20 bits per heavy atom. The zero-order chi connectivity index (χ0) is 10.7. The molecule has 2 rings (SSSR count). The molecule has 0 bridgehead atoms. The molecule has 0 fully saturated rings. The minimum absolute atomic E-state index is 0.286. The van der Waals surface area contributed by atoms with Gasteiger partial charge < -0.3 is 5.73 Å². The lowest BCUT2D eigenvalue weighted by Crippen LogP contribution is -2.04. The van der Waals surface area contributed by atoms with Gasteiger partial charge in [0.2, 0.25) is 0 Å². The van der Waals surface area contributed by atoms with E-state index in [9.17, 15) is 0 Å². The number of halogens is 1. The van der Waals surface area contributed by atoms with Crippen LogP contribution in [0.25, 0.3) is 11.3 Å². The van der Waals surface area contributed by atoms with Gasteiger partial charge >= 0.3 is 0 Å². The average Bonchev–Trinajstić information content (AvgIpc) is 2.30. The number of benzene rings is 1. The summed E-state index contributed by atoms with van der Waals surface area (Å²) in [6.07, 6.45) is 1.60. The van der Waals surface area contributed by atoms with Crippen LogP contribution in [0, 0.1) is 0 Å². The fourth-order valence-electron chi connectivity index (χ4n) is 1.19. The van der Waals surface area contributed by atoms with E-state index in [1.54, 1.807) is 18.3 Å². The zero-order valence-corrected chi connectivity index (χ0v) is 8.65. The molecule has 0 atom stereocenters. The molecule has 5 heteroatoms. The van der Waals surface area contributed by atoms with E-state index in [0.717, 1.165) is 11.3 Å². The van der Waals surface area contributed by atoms with Crippen LogP contribution in [0.3, 0.4) is 0 Å². The van der Waals surface area contributed by atoms with Crippen molar-refractivity contribution in [1.29, 1.82) is 0 Å². The SMILES string of the molecule is NCc1nncc(-c2ccc(Cl)cc2)n1. The van der Waals surface area contributed by atoms with Gasteiger partial charge in [0.05, 0.1) is 18.4 Å². The number of nitrogens with zero attached hydrogens (tertiary/aromatic N) is 3. The molecule has 1 aromatic heterocycles. The van der Waals surface area contributed by atoms with Crippen LogP contribution in [-0.2, 0) is 6.54 Å². The Hall–Kier alpha value is -1.52. The van der Waals surface area contributed by atoms with Crippen LogP contribution in [0.5, 0.6) is 0 Å². The van der Waals surface area contributed by atoms with Crippen LogP contribution in [0.1, 0.15) is 5.82 Å². The maximum absolute atomic E-state index is 5.79. The number of hydrogen-bond acceptors (Lipinski definition) is 4. The average molecular weight is 221 g/mol. The summed E-state index contributed by atoms with van der Waals surface area (Å²) >= 11 is 5.79. The van der Waals surface area contributed by atoms with Crippen molar-refractivity contribution < 1.29 is 0 Å². The lowest BCUT2D eigenvalue weighted by molar-refractivity contribution is 0.834. The molecule has 1 aromatic carbocycles. The summed E-state index contributed by atoms with van der Waals surface area (Å²) in [5, 5.41) is 8.31. The smallest absolute Gasteiger partial charge is 0.165 e. The van der Waals surface area contributed by atoms with Gasteiger partial charge in [-0.15, -0.1) is 5.10 Å². The van der Waals surface area contributed by atoms with Crippen molar-refractivity contribution in [2.75, 3.05) is 0 Å². The Labute approximate surface area is 92.1 Å². The van der Waals surface area contributed by atoms with Crippen LogP contribution >= 0.6 is 11.6 Å². The second-order valence-electron chi connectivity index (χ2n) is 2.97. The normalized spacial score (nSPS) is 10.3. The van der Waals surface area contributed by atoms with Gasteiger partial charge in [-0.1, -0.05) is 23.7 Å². The summed E-state index contributed by atoms with van der Waals surface area (Å²) in [4.78, 5) is 4.25. The maximum atomic E-state index is 5.79. The van der Waals surface area contributed by atoms with Crippen LogP contribution in [0.15, 0.2) is 30.5 Å². The summed E-state index contributed by atoms with van der Waals surface area (Å²) in [6, 6.07) is 7.38. The highest BCUT2D eigenvalue weighted by Crippen LogP contribution is 2.18. The van der Waals surface area contributed by atoms with Crippen molar-refractivity contribution in [3.05, 3.63) is 41.3 Å². The van der Waals surface area contributed by atoms with Gasteiger partial charge in [0.25, 0.3) is 0 Å². The van der Waals surface area contributed by atoms with Gasteiger partial charge in [-0.3, -0.25) is 0 Å².